The fourth-order valence-corrected chi connectivity index (χ4v) is 0.851. The van der Waals surface area contributed by atoms with Gasteiger partial charge >= 0.3 is 6.18 Å². The van der Waals surface area contributed by atoms with Crippen LogP contribution in [0.3, 0.4) is 0 Å². The Morgan fingerprint density at radius 3 is 2.18 bits per heavy atom. The van der Waals surface area contributed by atoms with E-state index in [9.17, 15) is 13.2 Å². The number of rotatable bonds is 5. The highest BCUT2D eigenvalue weighted by atomic mass is 19.4. The molecule has 0 atom stereocenters. The van der Waals surface area contributed by atoms with E-state index >= 15 is 0 Å². The molecule has 67 valence electrons. The topological polar surface area (TPSA) is 0 Å². The van der Waals surface area contributed by atoms with Crippen molar-refractivity contribution in [1.29, 1.82) is 0 Å². The summed E-state index contributed by atoms with van der Waals surface area (Å²) in [6.07, 6.45) is 0.159. The molecule has 11 heavy (non-hydrogen) atoms. The van der Waals surface area contributed by atoms with Gasteiger partial charge in [0, 0.05) is 6.42 Å². The quantitative estimate of drug-likeness (QED) is 0.547. The van der Waals surface area contributed by atoms with Crippen LogP contribution in [0.15, 0.2) is 0 Å². The van der Waals surface area contributed by atoms with Crippen LogP contribution in [-0.4, -0.2) is 6.18 Å². The zero-order chi connectivity index (χ0) is 8.74. The first-order valence-corrected chi connectivity index (χ1v) is 3.91. The Kier molecular flexibility index (Phi) is 5.34. The molecule has 3 heteroatoms. The van der Waals surface area contributed by atoms with E-state index in [0.717, 1.165) is 12.8 Å². The highest BCUT2D eigenvalue weighted by molar-refractivity contribution is 4.57. The van der Waals surface area contributed by atoms with Crippen LogP contribution in [-0.2, 0) is 0 Å². The Morgan fingerprint density at radius 2 is 1.73 bits per heavy atom. The lowest BCUT2D eigenvalue weighted by Gasteiger charge is -2.04. The molecule has 0 amide bonds. The molecule has 0 nitrogen and oxygen atoms in total. The summed E-state index contributed by atoms with van der Waals surface area (Å²) in [6.45, 7) is 1.92. The maximum absolute atomic E-state index is 11.6. The van der Waals surface area contributed by atoms with Gasteiger partial charge in [0.15, 0.2) is 0 Å². The van der Waals surface area contributed by atoms with Crippen LogP contribution in [0.2, 0.25) is 0 Å². The van der Waals surface area contributed by atoms with E-state index in [1.54, 1.807) is 0 Å². The smallest absolute Gasteiger partial charge is 0.171 e. The Bertz CT molecular complexity index is 85.8. The number of hydrogen-bond acceptors (Lipinski definition) is 0. The second-order valence-electron chi connectivity index (χ2n) is 2.62. The van der Waals surface area contributed by atoms with Crippen LogP contribution in [0, 0.1) is 6.42 Å². The molecule has 0 fully saturated rings. The predicted molar refractivity (Wildman–Crippen MR) is 39.1 cm³/mol. The van der Waals surface area contributed by atoms with Gasteiger partial charge < -0.3 is 0 Å². The SMILES string of the molecule is C[CH]CCCCCC(F)(F)F. The summed E-state index contributed by atoms with van der Waals surface area (Å²) >= 11 is 0. The molecule has 0 N–H and O–H groups in total. The van der Waals surface area contributed by atoms with E-state index in [2.05, 4.69) is 0 Å². The van der Waals surface area contributed by atoms with Crippen LogP contribution in [0.4, 0.5) is 13.2 Å². The monoisotopic (exact) mass is 167 g/mol. The van der Waals surface area contributed by atoms with Crippen molar-refractivity contribution >= 4 is 0 Å². The van der Waals surface area contributed by atoms with Crippen molar-refractivity contribution in [2.45, 2.75) is 45.2 Å². The normalized spacial score (nSPS) is 12.0. The molecule has 0 bridgehead atoms. The first-order chi connectivity index (χ1) is 5.06. The molecule has 0 saturated heterocycles. The van der Waals surface area contributed by atoms with Gasteiger partial charge in [-0.05, 0) is 12.8 Å². The average molecular weight is 167 g/mol. The number of halogens is 3. The largest absolute Gasteiger partial charge is 0.389 e. The lowest BCUT2D eigenvalue weighted by Crippen LogP contribution is -2.06. The van der Waals surface area contributed by atoms with Crippen LogP contribution in [0.1, 0.15) is 39.0 Å². The summed E-state index contributed by atoms with van der Waals surface area (Å²) in [5.74, 6) is 0. The van der Waals surface area contributed by atoms with Crippen LogP contribution in [0.5, 0.6) is 0 Å². The van der Waals surface area contributed by atoms with Crippen molar-refractivity contribution in [3.05, 3.63) is 6.42 Å². The van der Waals surface area contributed by atoms with Gasteiger partial charge in [-0.2, -0.15) is 13.2 Å². The molecule has 0 aromatic carbocycles. The van der Waals surface area contributed by atoms with Crippen molar-refractivity contribution in [2.24, 2.45) is 0 Å². The summed E-state index contributed by atoms with van der Waals surface area (Å²) in [6, 6.07) is 0. The standard InChI is InChI=1S/C8H14F3/c1-2-3-4-5-6-7-8(9,10)11/h2H,3-7H2,1H3. The van der Waals surface area contributed by atoms with Crippen molar-refractivity contribution in [2.75, 3.05) is 0 Å². The molecular formula is C8H14F3. The lowest BCUT2D eigenvalue weighted by molar-refractivity contribution is -0.135. The van der Waals surface area contributed by atoms with Gasteiger partial charge in [0.05, 0.1) is 0 Å². The highest BCUT2D eigenvalue weighted by Gasteiger charge is 2.25. The van der Waals surface area contributed by atoms with E-state index in [4.69, 9.17) is 0 Å². The van der Waals surface area contributed by atoms with Gasteiger partial charge in [-0.1, -0.05) is 26.2 Å². The zero-order valence-corrected chi connectivity index (χ0v) is 6.75. The molecule has 0 aromatic rings. The summed E-state index contributed by atoms with van der Waals surface area (Å²) < 4.78 is 34.7. The Morgan fingerprint density at radius 1 is 1.09 bits per heavy atom. The van der Waals surface area contributed by atoms with Crippen LogP contribution >= 0.6 is 0 Å². The molecule has 0 aliphatic carbocycles. The molecule has 0 saturated carbocycles. The molecule has 0 heterocycles. The third kappa shape index (κ3) is 9.79. The fourth-order valence-electron chi connectivity index (χ4n) is 0.851. The minimum Gasteiger partial charge on any atom is -0.171 e. The highest BCUT2D eigenvalue weighted by Crippen LogP contribution is 2.22. The summed E-state index contributed by atoms with van der Waals surface area (Å²) in [7, 11) is 0. The average Bonchev–Trinajstić information content (AvgIpc) is 1.85. The lowest BCUT2D eigenvalue weighted by atomic mass is 10.1. The molecule has 0 unspecified atom stereocenters. The first kappa shape index (κ1) is 10.8. The van der Waals surface area contributed by atoms with Gasteiger partial charge in [-0.25, -0.2) is 0 Å². The molecule has 0 rings (SSSR count). The maximum Gasteiger partial charge on any atom is 0.389 e. The predicted octanol–water partition coefficient (Wildman–Crippen LogP) is 3.72. The molecule has 1 radical (unpaired) electrons. The minimum absolute atomic E-state index is 0.275. The van der Waals surface area contributed by atoms with Gasteiger partial charge in [0.25, 0.3) is 0 Å². The van der Waals surface area contributed by atoms with Crippen molar-refractivity contribution in [1.82, 2.24) is 0 Å². The third-order valence-electron chi connectivity index (χ3n) is 1.45. The molecule has 0 spiro atoms. The van der Waals surface area contributed by atoms with Gasteiger partial charge in [0.2, 0.25) is 0 Å². The number of hydrogen-bond donors (Lipinski definition) is 0. The molecule has 0 aromatic heterocycles. The number of unbranched alkanes of at least 4 members (excludes halogenated alkanes) is 4. The summed E-state index contributed by atoms with van der Waals surface area (Å²) in [4.78, 5) is 0. The van der Waals surface area contributed by atoms with E-state index in [-0.39, 0.29) is 6.42 Å². The van der Waals surface area contributed by atoms with Crippen LogP contribution < -0.4 is 0 Å². The maximum atomic E-state index is 11.6. The summed E-state index contributed by atoms with van der Waals surface area (Å²) in [5.41, 5.74) is 0. The zero-order valence-electron chi connectivity index (χ0n) is 6.75. The Labute approximate surface area is 65.8 Å². The van der Waals surface area contributed by atoms with Gasteiger partial charge in [-0.3, -0.25) is 0 Å². The van der Waals surface area contributed by atoms with Crippen molar-refractivity contribution in [3.63, 3.8) is 0 Å². The third-order valence-corrected chi connectivity index (χ3v) is 1.45. The van der Waals surface area contributed by atoms with Crippen molar-refractivity contribution in [3.8, 4) is 0 Å². The van der Waals surface area contributed by atoms with E-state index in [1.807, 2.05) is 13.3 Å². The minimum atomic E-state index is -3.96. The van der Waals surface area contributed by atoms with Gasteiger partial charge in [-0.15, -0.1) is 0 Å². The van der Waals surface area contributed by atoms with Gasteiger partial charge in [0.1, 0.15) is 0 Å². The van der Waals surface area contributed by atoms with E-state index < -0.39 is 12.6 Å². The molecule has 0 aliphatic heterocycles. The fraction of sp³-hybridized carbons (Fsp3) is 0.875. The Hall–Kier alpha value is -0.210. The molecular weight excluding hydrogens is 153 g/mol. The second-order valence-corrected chi connectivity index (χ2v) is 2.62. The van der Waals surface area contributed by atoms with E-state index in [0.29, 0.717) is 6.42 Å². The second kappa shape index (κ2) is 5.44. The van der Waals surface area contributed by atoms with Crippen molar-refractivity contribution < 1.29 is 13.2 Å². The molecule has 0 aliphatic rings. The first-order valence-electron chi connectivity index (χ1n) is 3.91. The Balaban J connectivity index is 3.02. The van der Waals surface area contributed by atoms with E-state index in [1.165, 1.54) is 0 Å². The van der Waals surface area contributed by atoms with Crippen LogP contribution in [0.25, 0.3) is 0 Å². The number of alkyl halides is 3. The summed E-state index contributed by atoms with van der Waals surface area (Å²) in [5, 5.41) is 0.